The highest BCUT2D eigenvalue weighted by molar-refractivity contribution is 7.72. The molecule has 10 nitrogen and oxygen atoms in total. The molecule has 32 heavy (non-hydrogen) atoms. The standard InChI is InChI=1S/C19H20ClNO9P2/c1-11-16(10-19(23,31(24,25)26)32(27,28)29)15-9-14(30-2)7-8-17(15)21(11)18(22)12-3-5-13(20)6-4-12/h3-9,23H,10H2,1-2H3,(H2,24,25,26)(H2,27,28,29). The molecule has 172 valence electrons. The highest BCUT2D eigenvalue weighted by Gasteiger charge is 2.59. The molecule has 0 atom stereocenters. The minimum Gasteiger partial charge on any atom is -0.497 e. The summed E-state index contributed by atoms with van der Waals surface area (Å²) >= 11 is 5.88. The molecule has 0 spiro atoms. The molecule has 0 fully saturated rings. The van der Waals surface area contributed by atoms with Gasteiger partial charge in [0.15, 0.2) is 0 Å². The van der Waals surface area contributed by atoms with E-state index in [2.05, 4.69) is 0 Å². The SMILES string of the molecule is COc1ccc2c(c1)c(CC(O)(P(=O)(O)O)P(=O)(O)O)c(C)n2C(=O)c1ccc(Cl)cc1. The van der Waals surface area contributed by atoms with E-state index in [0.717, 1.165) is 0 Å². The normalized spacial score (nSPS) is 12.9. The fourth-order valence-electron chi connectivity index (χ4n) is 3.41. The molecule has 13 heteroatoms. The van der Waals surface area contributed by atoms with Gasteiger partial charge in [0.1, 0.15) is 5.75 Å². The third-order valence-electron chi connectivity index (χ3n) is 5.18. The summed E-state index contributed by atoms with van der Waals surface area (Å²) in [6, 6.07) is 10.5. The van der Waals surface area contributed by atoms with Crippen molar-refractivity contribution in [2.45, 2.75) is 18.4 Å². The number of hydrogen-bond donors (Lipinski definition) is 5. The van der Waals surface area contributed by atoms with Gasteiger partial charge in [-0.25, -0.2) is 0 Å². The average Bonchev–Trinajstić information content (AvgIpc) is 2.97. The first kappa shape index (κ1) is 24.6. The van der Waals surface area contributed by atoms with Gasteiger partial charge in [-0.05, 0) is 55.0 Å². The Morgan fingerprint density at radius 1 is 1.06 bits per heavy atom. The Bertz CT molecular complexity index is 1270. The van der Waals surface area contributed by atoms with Gasteiger partial charge in [-0.15, -0.1) is 0 Å². The number of carbonyl (C=O) groups is 1. The van der Waals surface area contributed by atoms with Crippen LogP contribution in [0, 0.1) is 6.92 Å². The molecule has 0 bridgehead atoms. The third-order valence-corrected chi connectivity index (χ3v) is 9.18. The molecule has 0 saturated carbocycles. The van der Waals surface area contributed by atoms with Crippen LogP contribution in [0.1, 0.15) is 21.6 Å². The predicted molar refractivity (Wildman–Crippen MR) is 117 cm³/mol. The smallest absolute Gasteiger partial charge is 0.369 e. The average molecular weight is 504 g/mol. The van der Waals surface area contributed by atoms with Gasteiger partial charge >= 0.3 is 15.2 Å². The zero-order valence-corrected chi connectivity index (χ0v) is 19.4. The number of halogens is 1. The summed E-state index contributed by atoms with van der Waals surface area (Å²) in [5, 5.41) is 7.43. The van der Waals surface area contributed by atoms with Gasteiger partial charge in [0.05, 0.1) is 12.6 Å². The Balaban J connectivity index is 2.30. The molecule has 0 aliphatic rings. The van der Waals surface area contributed by atoms with Crippen LogP contribution < -0.4 is 4.74 Å². The van der Waals surface area contributed by atoms with Crippen LogP contribution in [0.5, 0.6) is 5.75 Å². The Morgan fingerprint density at radius 2 is 1.62 bits per heavy atom. The Hall–Kier alpha value is -2.00. The second-order valence-electron chi connectivity index (χ2n) is 7.13. The van der Waals surface area contributed by atoms with Gasteiger partial charge in [0, 0.05) is 28.1 Å². The van der Waals surface area contributed by atoms with Crippen molar-refractivity contribution in [3.8, 4) is 5.75 Å². The molecule has 2 aromatic carbocycles. The monoisotopic (exact) mass is 503 g/mol. The lowest BCUT2D eigenvalue weighted by Gasteiger charge is -2.29. The minimum absolute atomic E-state index is 0.0321. The molecule has 1 aromatic heterocycles. The van der Waals surface area contributed by atoms with E-state index in [4.69, 9.17) is 16.3 Å². The molecule has 0 unspecified atom stereocenters. The van der Waals surface area contributed by atoms with Gasteiger partial charge in [0.25, 0.3) is 11.0 Å². The second-order valence-corrected chi connectivity index (χ2v) is 11.6. The van der Waals surface area contributed by atoms with Crippen LogP contribution in [0.3, 0.4) is 0 Å². The molecule has 3 aromatic rings. The number of nitrogens with zero attached hydrogens (tertiary/aromatic N) is 1. The Labute approximate surface area is 187 Å². The van der Waals surface area contributed by atoms with Gasteiger partial charge in [-0.1, -0.05) is 11.6 Å². The fraction of sp³-hybridized carbons (Fsp3) is 0.211. The summed E-state index contributed by atoms with van der Waals surface area (Å²) in [5.41, 5.74) is 0.637. The number of fused-ring (bicyclic) bond motifs is 1. The van der Waals surface area contributed by atoms with Crippen LogP contribution in [0.2, 0.25) is 5.02 Å². The first-order valence-electron chi connectivity index (χ1n) is 9.03. The maximum atomic E-state index is 13.2. The van der Waals surface area contributed by atoms with Crippen LogP contribution in [-0.2, 0) is 15.6 Å². The fourth-order valence-corrected chi connectivity index (χ4v) is 5.62. The lowest BCUT2D eigenvalue weighted by Crippen LogP contribution is -2.31. The van der Waals surface area contributed by atoms with E-state index in [9.17, 15) is 38.6 Å². The van der Waals surface area contributed by atoms with E-state index in [0.29, 0.717) is 10.8 Å². The van der Waals surface area contributed by atoms with Crippen LogP contribution in [0.4, 0.5) is 0 Å². The zero-order valence-electron chi connectivity index (χ0n) is 16.8. The molecular weight excluding hydrogens is 484 g/mol. The lowest BCUT2D eigenvalue weighted by atomic mass is 10.1. The molecule has 0 radical (unpaired) electrons. The number of hydrogen-bond acceptors (Lipinski definition) is 5. The first-order chi connectivity index (χ1) is 14.7. The van der Waals surface area contributed by atoms with Gasteiger partial charge in [0.2, 0.25) is 0 Å². The topological polar surface area (TPSA) is 167 Å². The van der Waals surface area contributed by atoms with E-state index in [1.165, 1.54) is 55.0 Å². The molecule has 0 amide bonds. The maximum absolute atomic E-state index is 13.2. The molecule has 3 rings (SSSR count). The van der Waals surface area contributed by atoms with Crippen LogP contribution in [0.15, 0.2) is 42.5 Å². The number of aromatic nitrogens is 1. The third kappa shape index (κ3) is 4.17. The molecule has 0 saturated heterocycles. The van der Waals surface area contributed by atoms with Crippen molar-refractivity contribution in [3.63, 3.8) is 0 Å². The maximum Gasteiger partial charge on any atom is 0.369 e. The van der Waals surface area contributed by atoms with E-state index in [1.54, 1.807) is 6.07 Å². The summed E-state index contributed by atoms with van der Waals surface area (Å²) < 4.78 is 30.2. The summed E-state index contributed by atoms with van der Waals surface area (Å²) in [5.74, 6) is -0.192. The van der Waals surface area contributed by atoms with Crippen molar-refractivity contribution in [1.82, 2.24) is 4.57 Å². The second kappa shape index (κ2) is 8.41. The molecular formula is C19H20ClNO9P2. The van der Waals surface area contributed by atoms with Crippen molar-refractivity contribution >= 4 is 43.6 Å². The van der Waals surface area contributed by atoms with Crippen molar-refractivity contribution in [2.24, 2.45) is 0 Å². The number of aliphatic hydroxyl groups is 1. The molecule has 1 heterocycles. The largest absolute Gasteiger partial charge is 0.497 e. The molecule has 0 aliphatic carbocycles. The number of methoxy groups -OCH3 is 1. The summed E-state index contributed by atoms with van der Waals surface area (Å²) in [6.07, 6.45) is -1.11. The van der Waals surface area contributed by atoms with Crippen molar-refractivity contribution in [2.75, 3.05) is 7.11 Å². The van der Waals surface area contributed by atoms with E-state index >= 15 is 0 Å². The van der Waals surface area contributed by atoms with Crippen LogP contribution in [-0.4, -0.2) is 47.3 Å². The van der Waals surface area contributed by atoms with E-state index in [-0.39, 0.29) is 27.7 Å². The summed E-state index contributed by atoms with van der Waals surface area (Å²) in [7, 11) is -10.1. The van der Waals surface area contributed by atoms with Crippen LogP contribution in [0.25, 0.3) is 10.9 Å². The highest BCUT2D eigenvalue weighted by Crippen LogP contribution is 2.68. The lowest BCUT2D eigenvalue weighted by molar-refractivity contribution is 0.0962. The van der Waals surface area contributed by atoms with Gasteiger partial charge in [-0.3, -0.25) is 18.5 Å². The molecule has 0 aliphatic heterocycles. The highest BCUT2D eigenvalue weighted by atomic mass is 35.5. The van der Waals surface area contributed by atoms with Crippen molar-refractivity contribution in [1.29, 1.82) is 0 Å². The van der Waals surface area contributed by atoms with Gasteiger partial charge in [-0.2, -0.15) is 0 Å². The number of benzene rings is 2. The first-order valence-corrected chi connectivity index (χ1v) is 12.6. The quantitative estimate of drug-likeness (QED) is 0.318. The van der Waals surface area contributed by atoms with E-state index < -0.39 is 32.6 Å². The summed E-state index contributed by atoms with van der Waals surface area (Å²) in [6.45, 7) is 1.44. The number of carbonyl (C=O) groups excluding carboxylic acids is 1. The Kier molecular flexibility index (Phi) is 6.47. The zero-order chi connectivity index (χ0) is 24.1. The minimum atomic E-state index is -5.72. The van der Waals surface area contributed by atoms with Crippen molar-refractivity contribution in [3.05, 3.63) is 64.3 Å². The van der Waals surface area contributed by atoms with E-state index in [1.807, 2.05) is 0 Å². The predicted octanol–water partition coefficient (Wildman–Crippen LogP) is 2.84. The molecule has 5 N–H and O–H groups in total. The number of ether oxygens (including phenoxy) is 1. The number of rotatable bonds is 6. The summed E-state index contributed by atoms with van der Waals surface area (Å²) in [4.78, 5) is 51.5. The van der Waals surface area contributed by atoms with Gasteiger partial charge < -0.3 is 29.4 Å². The van der Waals surface area contributed by atoms with Crippen molar-refractivity contribution < 1.29 is 43.3 Å². The van der Waals surface area contributed by atoms with Crippen LogP contribution >= 0.6 is 26.8 Å². The Morgan fingerprint density at radius 3 is 2.12 bits per heavy atom.